The predicted molar refractivity (Wildman–Crippen MR) is 78.6 cm³/mol. The number of carbonyl (C=O) groups excluding carboxylic acids is 1. The molecule has 21 heavy (non-hydrogen) atoms. The van der Waals surface area contributed by atoms with E-state index >= 15 is 0 Å². The Morgan fingerprint density at radius 3 is 2.62 bits per heavy atom. The van der Waals surface area contributed by atoms with Crippen molar-refractivity contribution in [2.75, 3.05) is 18.1 Å². The summed E-state index contributed by atoms with van der Waals surface area (Å²) in [4.78, 5) is 13.4. The molecule has 0 spiro atoms. The molecule has 0 fully saturated rings. The molecule has 2 rings (SSSR count). The van der Waals surface area contributed by atoms with E-state index in [9.17, 15) is 13.2 Å². The first-order valence-corrected chi connectivity index (χ1v) is 8.61. The Balaban J connectivity index is 2.43. The lowest BCUT2D eigenvalue weighted by Gasteiger charge is -2.32. The minimum atomic E-state index is -3.96. The van der Waals surface area contributed by atoms with Gasteiger partial charge in [0.1, 0.15) is 17.1 Å². The van der Waals surface area contributed by atoms with E-state index in [-0.39, 0.29) is 23.8 Å². The number of nitrogens with zero attached hydrogens (tertiary/aromatic N) is 1. The summed E-state index contributed by atoms with van der Waals surface area (Å²) in [5.41, 5.74) is -0.316. The van der Waals surface area contributed by atoms with Crippen molar-refractivity contribution in [2.24, 2.45) is 0 Å². The van der Waals surface area contributed by atoms with Crippen LogP contribution in [0.1, 0.15) is 20.8 Å². The number of ether oxygens (including phenoxy) is 2. The molecule has 8 heteroatoms. The van der Waals surface area contributed by atoms with Gasteiger partial charge in [-0.05, 0) is 32.9 Å². The first-order valence-electron chi connectivity index (χ1n) is 6.30. The van der Waals surface area contributed by atoms with Crippen molar-refractivity contribution in [3.05, 3.63) is 18.2 Å². The van der Waals surface area contributed by atoms with Crippen LogP contribution >= 0.6 is 10.7 Å². The molecule has 1 aliphatic heterocycles. The molecule has 0 aliphatic carbocycles. The monoisotopic (exact) mass is 333 g/mol. The van der Waals surface area contributed by atoms with E-state index in [1.54, 1.807) is 26.8 Å². The first kappa shape index (κ1) is 15.9. The van der Waals surface area contributed by atoms with Crippen molar-refractivity contribution in [1.29, 1.82) is 0 Å². The van der Waals surface area contributed by atoms with Gasteiger partial charge < -0.3 is 9.47 Å². The van der Waals surface area contributed by atoms with Gasteiger partial charge in [0.2, 0.25) is 0 Å². The molecular weight excluding hydrogens is 318 g/mol. The van der Waals surface area contributed by atoms with E-state index in [1.165, 1.54) is 17.0 Å². The maximum absolute atomic E-state index is 12.2. The van der Waals surface area contributed by atoms with Crippen molar-refractivity contribution >= 4 is 31.5 Å². The smallest absolute Gasteiger partial charge is 0.415 e. The van der Waals surface area contributed by atoms with Crippen LogP contribution in [0.25, 0.3) is 0 Å². The third-order valence-corrected chi connectivity index (χ3v) is 4.03. The second-order valence-electron chi connectivity index (χ2n) is 5.52. The number of fused-ring (bicyclic) bond motifs is 1. The van der Waals surface area contributed by atoms with Gasteiger partial charge in [-0.25, -0.2) is 13.2 Å². The molecule has 6 nitrogen and oxygen atoms in total. The zero-order valence-corrected chi connectivity index (χ0v) is 13.5. The van der Waals surface area contributed by atoms with E-state index in [0.717, 1.165) is 0 Å². The minimum absolute atomic E-state index is 0.0737. The number of hydrogen-bond acceptors (Lipinski definition) is 5. The highest BCUT2D eigenvalue weighted by molar-refractivity contribution is 8.13. The largest absolute Gasteiger partial charge is 0.488 e. The zero-order valence-electron chi connectivity index (χ0n) is 11.9. The van der Waals surface area contributed by atoms with Crippen LogP contribution in [-0.4, -0.2) is 33.3 Å². The standard InChI is InChI=1S/C13H16ClNO5S/c1-13(2,3)20-12(16)15-7-8-19-11-9(15)5-4-6-10(11)21(14,17)18/h4-6H,7-8H2,1-3H3. The van der Waals surface area contributed by atoms with Gasteiger partial charge in [-0.1, -0.05) is 6.07 Å². The lowest BCUT2D eigenvalue weighted by atomic mass is 10.2. The Bertz CT molecular complexity index is 666. The van der Waals surface area contributed by atoms with Crippen molar-refractivity contribution in [3.63, 3.8) is 0 Å². The molecule has 1 amide bonds. The summed E-state index contributed by atoms with van der Waals surface area (Å²) in [5, 5.41) is 0. The highest BCUT2D eigenvalue weighted by atomic mass is 35.7. The topological polar surface area (TPSA) is 72.9 Å². The summed E-state index contributed by atoms with van der Waals surface area (Å²) in [7, 11) is 1.43. The molecule has 1 aromatic rings. The number of rotatable bonds is 1. The van der Waals surface area contributed by atoms with Crippen LogP contribution in [0.15, 0.2) is 23.1 Å². The highest BCUT2D eigenvalue weighted by Crippen LogP contribution is 2.39. The molecule has 0 saturated carbocycles. The third-order valence-electron chi connectivity index (χ3n) is 2.69. The second kappa shape index (κ2) is 5.38. The maximum Gasteiger partial charge on any atom is 0.415 e. The average molecular weight is 334 g/mol. The third kappa shape index (κ3) is 3.59. The Morgan fingerprint density at radius 2 is 2.05 bits per heavy atom. The van der Waals surface area contributed by atoms with Crippen LogP contribution in [0.2, 0.25) is 0 Å². The van der Waals surface area contributed by atoms with Gasteiger partial charge in [0, 0.05) is 10.7 Å². The number of para-hydroxylation sites is 1. The Labute approximate surface area is 128 Å². The zero-order chi connectivity index (χ0) is 15.8. The molecule has 0 saturated heterocycles. The van der Waals surface area contributed by atoms with E-state index in [1.807, 2.05) is 0 Å². The fourth-order valence-corrected chi connectivity index (χ4v) is 2.91. The van der Waals surface area contributed by atoms with Gasteiger partial charge in [0.05, 0.1) is 12.2 Å². The Kier molecular flexibility index (Phi) is 4.08. The van der Waals surface area contributed by atoms with Gasteiger partial charge in [0.25, 0.3) is 9.05 Å². The SMILES string of the molecule is CC(C)(C)OC(=O)N1CCOc2c1cccc2S(=O)(=O)Cl. The summed E-state index contributed by atoms with van der Waals surface area (Å²) in [5.74, 6) is 0.0737. The van der Waals surface area contributed by atoms with E-state index in [4.69, 9.17) is 20.2 Å². The number of benzene rings is 1. The van der Waals surface area contributed by atoms with Crippen LogP contribution in [0.3, 0.4) is 0 Å². The van der Waals surface area contributed by atoms with E-state index in [0.29, 0.717) is 5.69 Å². The fourth-order valence-electron chi connectivity index (χ4n) is 1.92. The highest BCUT2D eigenvalue weighted by Gasteiger charge is 2.31. The van der Waals surface area contributed by atoms with Gasteiger partial charge >= 0.3 is 6.09 Å². The lowest BCUT2D eigenvalue weighted by molar-refractivity contribution is 0.0567. The molecule has 0 radical (unpaired) electrons. The van der Waals surface area contributed by atoms with Gasteiger partial charge in [-0.15, -0.1) is 0 Å². The minimum Gasteiger partial charge on any atom is -0.488 e. The van der Waals surface area contributed by atoms with Crippen molar-refractivity contribution in [3.8, 4) is 5.75 Å². The van der Waals surface area contributed by atoms with Crippen molar-refractivity contribution in [2.45, 2.75) is 31.3 Å². The summed E-state index contributed by atoms with van der Waals surface area (Å²) in [6, 6.07) is 4.42. The second-order valence-corrected chi connectivity index (χ2v) is 8.06. The number of amides is 1. The molecule has 0 unspecified atom stereocenters. The Hall–Kier alpha value is -1.47. The Morgan fingerprint density at radius 1 is 1.38 bits per heavy atom. The van der Waals surface area contributed by atoms with Crippen LogP contribution in [0.5, 0.6) is 5.75 Å². The molecule has 0 N–H and O–H groups in total. The van der Waals surface area contributed by atoms with Crippen molar-refractivity contribution in [1.82, 2.24) is 0 Å². The number of hydrogen-bond donors (Lipinski definition) is 0. The van der Waals surface area contributed by atoms with Crippen molar-refractivity contribution < 1.29 is 22.7 Å². The molecule has 1 heterocycles. The molecule has 1 aromatic carbocycles. The quantitative estimate of drug-likeness (QED) is 0.739. The van der Waals surface area contributed by atoms with Crippen LogP contribution in [0, 0.1) is 0 Å². The van der Waals surface area contributed by atoms with Gasteiger partial charge in [-0.2, -0.15) is 0 Å². The average Bonchev–Trinajstić information content (AvgIpc) is 2.34. The molecular formula is C13H16ClNO5S. The van der Waals surface area contributed by atoms with E-state index in [2.05, 4.69) is 0 Å². The predicted octanol–water partition coefficient (Wildman–Crippen LogP) is 2.75. The van der Waals surface area contributed by atoms with E-state index < -0.39 is 20.7 Å². The van der Waals surface area contributed by atoms with Crippen LogP contribution in [0.4, 0.5) is 10.5 Å². The molecule has 0 atom stereocenters. The summed E-state index contributed by atoms with van der Waals surface area (Å²) in [6.07, 6.45) is -0.559. The fraction of sp³-hybridized carbons (Fsp3) is 0.462. The number of anilines is 1. The normalized spacial score (nSPS) is 15.1. The van der Waals surface area contributed by atoms with Crippen LogP contribution < -0.4 is 9.64 Å². The lowest BCUT2D eigenvalue weighted by Crippen LogP contribution is -2.41. The number of halogens is 1. The molecule has 0 aromatic heterocycles. The molecule has 0 bridgehead atoms. The molecule has 1 aliphatic rings. The first-order chi connectivity index (χ1) is 9.59. The maximum atomic E-state index is 12.2. The van der Waals surface area contributed by atoms with Gasteiger partial charge in [-0.3, -0.25) is 4.90 Å². The summed E-state index contributed by atoms with van der Waals surface area (Å²) >= 11 is 0. The van der Waals surface area contributed by atoms with Crippen LogP contribution in [-0.2, 0) is 13.8 Å². The van der Waals surface area contributed by atoms with Gasteiger partial charge in [0.15, 0.2) is 5.75 Å². The number of carbonyl (C=O) groups is 1. The summed E-state index contributed by atoms with van der Waals surface area (Å²) < 4.78 is 33.8. The summed E-state index contributed by atoms with van der Waals surface area (Å²) in [6.45, 7) is 5.70. The molecule has 116 valence electrons.